The lowest BCUT2D eigenvalue weighted by Crippen LogP contribution is -2.28. The van der Waals surface area contributed by atoms with E-state index in [2.05, 4.69) is 10.2 Å². The summed E-state index contributed by atoms with van der Waals surface area (Å²) in [4.78, 5) is 25.3. The van der Waals surface area contributed by atoms with Gasteiger partial charge in [-0.15, -0.1) is 0 Å². The Kier molecular flexibility index (Phi) is 2.21. The number of rotatable bonds is 1. The minimum Gasteiger partial charge on any atom is -0.339 e. The van der Waals surface area contributed by atoms with E-state index in [1.165, 1.54) is 4.40 Å². The van der Waals surface area contributed by atoms with Crippen LogP contribution in [0.25, 0.3) is 5.65 Å². The van der Waals surface area contributed by atoms with Gasteiger partial charge < -0.3 is 4.90 Å². The minimum atomic E-state index is -0.323. The number of aromatic nitrogens is 3. The van der Waals surface area contributed by atoms with Crippen molar-refractivity contribution < 1.29 is 4.79 Å². The van der Waals surface area contributed by atoms with Gasteiger partial charge in [-0.2, -0.15) is 5.10 Å². The van der Waals surface area contributed by atoms with Crippen molar-refractivity contribution in [3.05, 3.63) is 34.4 Å². The third kappa shape index (κ3) is 1.61. The number of amides is 1. The number of fused-ring (bicyclic) bond motifs is 1. The van der Waals surface area contributed by atoms with Crippen LogP contribution in [0.5, 0.6) is 0 Å². The standard InChI is InChI=1S/C11H12N4O2/c16-10(14-5-1-2-6-14)8-3-4-9-12-13-11(17)15(9)7-8/h3-4,7H,1-2,5-6H2,(H,13,17). The van der Waals surface area contributed by atoms with Crippen LogP contribution >= 0.6 is 0 Å². The van der Waals surface area contributed by atoms with E-state index in [0.29, 0.717) is 11.2 Å². The summed E-state index contributed by atoms with van der Waals surface area (Å²) in [5, 5.41) is 6.16. The van der Waals surface area contributed by atoms with E-state index in [1.54, 1.807) is 18.3 Å². The summed E-state index contributed by atoms with van der Waals surface area (Å²) < 4.78 is 1.35. The molecule has 2 aromatic heterocycles. The molecule has 0 spiro atoms. The normalized spacial score (nSPS) is 15.6. The zero-order valence-electron chi connectivity index (χ0n) is 9.22. The molecule has 17 heavy (non-hydrogen) atoms. The zero-order chi connectivity index (χ0) is 11.8. The molecule has 1 aliphatic rings. The Morgan fingerprint density at radius 2 is 2.06 bits per heavy atom. The molecule has 1 N–H and O–H groups in total. The Hall–Kier alpha value is -2.11. The first kappa shape index (κ1) is 10.1. The quantitative estimate of drug-likeness (QED) is 0.766. The summed E-state index contributed by atoms with van der Waals surface area (Å²) in [5.41, 5.74) is 0.729. The SMILES string of the molecule is O=C(c1ccc2n[nH]c(=O)n2c1)N1CCCC1. The summed E-state index contributed by atoms with van der Waals surface area (Å²) in [6.45, 7) is 1.61. The Morgan fingerprint density at radius 3 is 2.82 bits per heavy atom. The molecule has 0 unspecified atom stereocenters. The Labute approximate surface area is 96.9 Å². The summed E-state index contributed by atoms with van der Waals surface area (Å²) in [7, 11) is 0. The van der Waals surface area contributed by atoms with Crippen LogP contribution < -0.4 is 5.69 Å². The molecule has 6 nitrogen and oxygen atoms in total. The maximum atomic E-state index is 12.1. The molecule has 0 aliphatic carbocycles. The van der Waals surface area contributed by atoms with Gasteiger partial charge in [-0.1, -0.05) is 0 Å². The lowest BCUT2D eigenvalue weighted by Gasteiger charge is -2.14. The van der Waals surface area contributed by atoms with Crippen molar-refractivity contribution in [1.82, 2.24) is 19.5 Å². The molecule has 0 atom stereocenters. The first-order valence-corrected chi connectivity index (χ1v) is 5.62. The van der Waals surface area contributed by atoms with Crippen LogP contribution in [0.4, 0.5) is 0 Å². The summed E-state index contributed by atoms with van der Waals surface area (Å²) in [6, 6.07) is 3.37. The molecule has 0 saturated carbocycles. The maximum Gasteiger partial charge on any atom is 0.347 e. The van der Waals surface area contributed by atoms with Crippen molar-refractivity contribution in [1.29, 1.82) is 0 Å². The van der Waals surface area contributed by atoms with Crippen molar-refractivity contribution in [2.75, 3.05) is 13.1 Å². The predicted molar refractivity (Wildman–Crippen MR) is 61.0 cm³/mol. The van der Waals surface area contributed by atoms with E-state index in [0.717, 1.165) is 25.9 Å². The average molecular weight is 232 g/mol. The third-order valence-electron chi connectivity index (χ3n) is 3.05. The van der Waals surface area contributed by atoms with E-state index in [4.69, 9.17) is 0 Å². The average Bonchev–Trinajstić information content (AvgIpc) is 2.98. The highest BCUT2D eigenvalue weighted by molar-refractivity contribution is 5.94. The molecule has 88 valence electrons. The molecule has 6 heteroatoms. The van der Waals surface area contributed by atoms with E-state index >= 15 is 0 Å². The van der Waals surface area contributed by atoms with E-state index in [1.807, 2.05) is 4.90 Å². The van der Waals surface area contributed by atoms with Gasteiger partial charge in [-0.05, 0) is 25.0 Å². The van der Waals surface area contributed by atoms with Crippen LogP contribution in [-0.2, 0) is 0 Å². The topological polar surface area (TPSA) is 70.5 Å². The van der Waals surface area contributed by atoms with Crippen molar-refractivity contribution in [2.45, 2.75) is 12.8 Å². The first-order chi connectivity index (χ1) is 8.25. The highest BCUT2D eigenvalue weighted by atomic mass is 16.2. The van der Waals surface area contributed by atoms with Gasteiger partial charge in [-0.25, -0.2) is 14.3 Å². The number of hydrogen-bond donors (Lipinski definition) is 1. The van der Waals surface area contributed by atoms with Gasteiger partial charge in [0.05, 0.1) is 5.56 Å². The molecule has 1 aliphatic heterocycles. The van der Waals surface area contributed by atoms with Crippen LogP contribution in [0, 0.1) is 0 Å². The van der Waals surface area contributed by atoms with Gasteiger partial charge in [0.15, 0.2) is 5.65 Å². The number of nitrogens with one attached hydrogen (secondary N) is 1. The van der Waals surface area contributed by atoms with Crippen LogP contribution in [-0.4, -0.2) is 38.5 Å². The molecule has 3 rings (SSSR count). The number of H-pyrrole nitrogens is 1. The van der Waals surface area contributed by atoms with Gasteiger partial charge in [-0.3, -0.25) is 4.79 Å². The number of hydrogen-bond acceptors (Lipinski definition) is 3. The summed E-state index contributed by atoms with van der Waals surface area (Å²) >= 11 is 0. The highest BCUT2D eigenvalue weighted by Gasteiger charge is 2.19. The fourth-order valence-electron chi connectivity index (χ4n) is 2.13. The number of pyridine rings is 1. The molecule has 1 fully saturated rings. The van der Waals surface area contributed by atoms with Crippen molar-refractivity contribution >= 4 is 11.6 Å². The van der Waals surface area contributed by atoms with Crippen molar-refractivity contribution in [3.8, 4) is 0 Å². The van der Waals surface area contributed by atoms with Gasteiger partial charge in [0.1, 0.15) is 0 Å². The number of carbonyl (C=O) groups excluding carboxylic acids is 1. The molecule has 0 aromatic carbocycles. The van der Waals surface area contributed by atoms with Gasteiger partial charge >= 0.3 is 5.69 Å². The lowest BCUT2D eigenvalue weighted by atomic mass is 10.2. The van der Waals surface area contributed by atoms with Gasteiger partial charge in [0.25, 0.3) is 5.91 Å². The minimum absolute atomic E-state index is 0.0162. The van der Waals surface area contributed by atoms with E-state index in [9.17, 15) is 9.59 Å². The highest BCUT2D eigenvalue weighted by Crippen LogP contribution is 2.12. The fourth-order valence-corrected chi connectivity index (χ4v) is 2.13. The molecule has 0 radical (unpaired) electrons. The lowest BCUT2D eigenvalue weighted by molar-refractivity contribution is 0.0792. The number of nitrogens with zero attached hydrogens (tertiary/aromatic N) is 3. The summed E-state index contributed by atoms with van der Waals surface area (Å²) in [5.74, 6) is -0.0162. The Morgan fingerprint density at radius 1 is 1.29 bits per heavy atom. The van der Waals surface area contributed by atoms with Crippen molar-refractivity contribution in [3.63, 3.8) is 0 Å². The molecule has 3 heterocycles. The monoisotopic (exact) mass is 232 g/mol. The van der Waals surface area contributed by atoms with E-state index in [-0.39, 0.29) is 11.6 Å². The van der Waals surface area contributed by atoms with Crippen LogP contribution in [0.3, 0.4) is 0 Å². The number of carbonyl (C=O) groups is 1. The smallest absolute Gasteiger partial charge is 0.339 e. The summed E-state index contributed by atoms with van der Waals surface area (Å²) in [6.07, 6.45) is 3.65. The van der Waals surface area contributed by atoms with Gasteiger partial charge in [0, 0.05) is 19.3 Å². The van der Waals surface area contributed by atoms with Crippen LogP contribution in [0.2, 0.25) is 0 Å². The molecule has 2 aromatic rings. The fraction of sp³-hybridized carbons (Fsp3) is 0.364. The first-order valence-electron chi connectivity index (χ1n) is 5.62. The van der Waals surface area contributed by atoms with Crippen LogP contribution in [0.15, 0.2) is 23.1 Å². The predicted octanol–water partition coefficient (Wildman–Crippen LogP) is 0.259. The van der Waals surface area contributed by atoms with Crippen LogP contribution in [0.1, 0.15) is 23.2 Å². The molecule has 1 amide bonds. The molecular formula is C11H12N4O2. The Bertz CT molecular complexity index is 622. The van der Waals surface area contributed by atoms with E-state index < -0.39 is 0 Å². The second-order valence-electron chi connectivity index (χ2n) is 4.17. The largest absolute Gasteiger partial charge is 0.347 e. The number of aromatic amines is 1. The van der Waals surface area contributed by atoms with Gasteiger partial charge in [0.2, 0.25) is 0 Å². The third-order valence-corrected chi connectivity index (χ3v) is 3.05. The maximum absolute atomic E-state index is 12.1. The Balaban J connectivity index is 2.02. The zero-order valence-corrected chi connectivity index (χ0v) is 9.22. The molecule has 1 saturated heterocycles. The second-order valence-corrected chi connectivity index (χ2v) is 4.17. The second kappa shape index (κ2) is 3.73. The van der Waals surface area contributed by atoms with Crippen molar-refractivity contribution in [2.24, 2.45) is 0 Å². The number of likely N-dealkylation sites (tertiary alicyclic amines) is 1. The molecule has 0 bridgehead atoms. The molecular weight excluding hydrogens is 220 g/mol.